The van der Waals surface area contributed by atoms with Gasteiger partial charge in [0.1, 0.15) is 48.3 Å². The number of likely N-dealkylation sites (tertiary alicyclic amines) is 2. The lowest BCUT2D eigenvalue weighted by Crippen LogP contribution is -2.61. The number of nitrogens with one attached hydrogen (secondary N) is 9. The second kappa shape index (κ2) is 33.0. The van der Waals surface area contributed by atoms with Crippen molar-refractivity contribution in [3.63, 3.8) is 0 Å². The third kappa shape index (κ3) is 20.2. The molecule has 2 aromatic heterocycles. The zero-order chi connectivity index (χ0) is 64.9. The van der Waals surface area contributed by atoms with E-state index >= 15 is 4.79 Å². The molecule has 5 rings (SSSR count). The maximum atomic E-state index is 15.0. The highest BCUT2D eigenvalue weighted by atomic mass is 16.4. The zero-order valence-electron chi connectivity index (χ0n) is 49.1. The predicted octanol–water partition coefficient (Wildman–Crippen LogP) is -5.32. The lowest BCUT2D eigenvalue weighted by atomic mass is 10.0. The SMILES string of the molecule is CC(C)C[C@H](NC(=O)[C@@H]1CCCN1C(=O)[C@@H]1CCCN1C(=O)[C@H](Cc1c[nH]c2ccccc12)NC(=O)[C@H](CC(N)=O)NC(=O)[C@H](CO)NC(=O)[C@H](CCCN=C(N)N)NC(=O)[C@H](CCC(=O)O)NC(=O)[C@@H](N)Cc1cnc[nH]1)C(=O)N[C@H](C(=O)O)[C@@H](C)O. The largest absolute Gasteiger partial charge is 0.481 e. The number of carboxylic acids is 2. The number of aliphatic carboxylic acids is 2. The van der Waals surface area contributed by atoms with E-state index in [1.807, 2.05) is 0 Å². The second-order valence-electron chi connectivity index (χ2n) is 22.1. The Kier molecular flexibility index (Phi) is 26.1. The molecule has 0 spiro atoms. The second-order valence-corrected chi connectivity index (χ2v) is 22.1. The Labute approximate surface area is 505 Å². The standard InChI is InChI=1S/C55H81N17O16/c1-27(2)19-36(49(82)70-44(28(3)74)54(87)88)67-51(84)40-12-7-17-71(40)53(86)41-13-8-18-72(41)52(85)38(20-29-23-62-33-10-5-4-9-31(29)33)68-48(81)37(22-42(57)75)66-50(83)39(25-73)69-46(79)34(11-6-16-61-55(58)59)65-47(80)35(14-15-43(76)77)64-45(78)32(56)21-30-24-60-26-63-30/h4-5,9-10,23-24,26-28,32,34-41,44,62,73-74H,6-8,11-22,25,56H2,1-3H3,(H2,57,75)(H,60,63)(H,64,78)(H,65,80)(H,66,83)(H,67,84)(H,68,81)(H,69,79)(H,70,82)(H,76,77)(H,87,88)(H4,58,59,61)/t28-,32+,34+,35+,36+,37+,38+,39+,40+,41+,44+/m1/s1. The molecule has 21 N–H and O–H groups in total. The van der Waals surface area contributed by atoms with Crippen LogP contribution in [0.25, 0.3) is 10.9 Å². The number of hydrogen-bond donors (Lipinski definition) is 17. The van der Waals surface area contributed by atoms with Gasteiger partial charge < -0.3 is 100 Å². The molecule has 482 valence electrons. The molecule has 33 heteroatoms. The summed E-state index contributed by atoms with van der Waals surface area (Å²) in [5.74, 6) is -12.8. The number of carboxylic acid groups (broad SMARTS) is 2. The van der Waals surface area contributed by atoms with E-state index < -0.39 is 163 Å². The minimum atomic E-state index is -1.91. The minimum absolute atomic E-state index is 0.0123. The van der Waals surface area contributed by atoms with Gasteiger partial charge in [0, 0.05) is 67.9 Å². The van der Waals surface area contributed by atoms with Crippen LogP contribution in [0, 0.1) is 5.92 Å². The molecule has 88 heavy (non-hydrogen) atoms. The van der Waals surface area contributed by atoms with E-state index in [1.54, 1.807) is 44.3 Å². The van der Waals surface area contributed by atoms with E-state index in [0.29, 0.717) is 35.0 Å². The molecule has 0 aliphatic carbocycles. The van der Waals surface area contributed by atoms with Crippen LogP contribution < -0.4 is 60.2 Å². The van der Waals surface area contributed by atoms with Gasteiger partial charge in [-0.25, -0.2) is 9.78 Å². The highest BCUT2D eigenvalue weighted by molar-refractivity contribution is 6.00. The van der Waals surface area contributed by atoms with Crippen molar-refractivity contribution in [2.75, 3.05) is 26.2 Å². The monoisotopic (exact) mass is 1240 g/mol. The lowest BCUT2D eigenvalue weighted by Gasteiger charge is -2.34. The number of aliphatic imine (C=N–C) groups is 1. The van der Waals surface area contributed by atoms with E-state index in [2.05, 4.69) is 57.2 Å². The van der Waals surface area contributed by atoms with Gasteiger partial charge in [0.05, 0.1) is 31.5 Å². The molecule has 2 aliphatic rings. The number of hydrogen-bond acceptors (Lipinski definition) is 17. The smallest absolute Gasteiger partial charge is 0.328 e. The molecule has 33 nitrogen and oxygen atoms in total. The van der Waals surface area contributed by atoms with Gasteiger partial charge in [-0.15, -0.1) is 0 Å². The summed E-state index contributed by atoms with van der Waals surface area (Å²) in [7, 11) is 0. The molecule has 2 fully saturated rings. The number of aromatic amines is 2. The molecule has 0 saturated carbocycles. The third-order valence-corrected chi connectivity index (χ3v) is 14.8. The average Bonchev–Trinajstić information content (AvgIpc) is 3.48. The van der Waals surface area contributed by atoms with Crippen LogP contribution in [0.2, 0.25) is 0 Å². The first-order valence-corrected chi connectivity index (χ1v) is 28.8. The molecule has 1 aromatic carbocycles. The molecule has 0 unspecified atom stereocenters. The first kappa shape index (κ1) is 69.5. The number of benzene rings is 1. The van der Waals surface area contributed by atoms with Crippen LogP contribution in [0.5, 0.6) is 0 Å². The van der Waals surface area contributed by atoms with Crippen molar-refractivity contribution in [2.24, 2.45) is 33.8 Å². The van der Waals surface area contributed by atoms with E-state index in [0.717, 1.165) is 0 Å². The molecule has 0 radical (unpaired) electrons. The Bertz CT molecular complexity index is 3000. The summed E-state index contributed by atoms with van der Waals surface area (Å²) < 4.78 is 0. The molecule has 3 aromatic rings. The summed E-state index contributed by atoms with van der Waals surface area (Å²) in [6, 6.07) is -7.87. The van der Waals surface area contributed by atoms with Gasteiger partial charge in [0.2, 0.25) is 59.1 Å². The minimum Gasteiger partial charge on any atom is -0.481 e. The first-order chi connectivity index (χ1) is 41.7. The average molecular weight is 1240 g/mol. The van der Waals surface area contributed by atoms with E-state index in [4.69, 9.17) is 22.9 Å². The van der Waals surface area contributed by atoms with Gasteiger partial charge in [-0.3, -0.25) is 57.7 Å². The number of carbonyl (C=O) groups excluding carboxylic acids is 10. The summed E-state index contributed by atoms with van der Waals surface area (Å²) in [6.07, 6.45) is 1.51. The lowest BCUT2D eigenvalue weighted by molar-refractivity contribution is -0.148. The Morgan fingerprint density at radius 2 is 1.30 bits per heavy atom. The number of aliphatic hydroxyl groups is 2. The van der Waals surface area contributed by atoms with Gasteiger partial charge in [0.15, 0.2) is 12.0 Å². The number of nitrogens with zero attached hydrogens (tertiary/aromatic N) is 4. The molecule has 10 amide bonds. The summed E-state index contributed by atoms with van der Waals surface area (Å²) in [5.41, 5.74) is 24.2. The fourth-order valence-electron chi connectivity index (χ4n) is 10.3. The number of carbonyl (C=O) groups is 12. The number of fused-ring (bicyclic) bond motifs is 1. The van der Waals surface area contributed by atoms with Crippen LogP contribution in [-0.2, 0) is 70.4 Å². The maximum absolute atomic E-state index is 15.0. The number of para-hydroxylation sites is 1. The van der Waals surface area contributed by atoms with E-state index in [-0.39, 0.29) is 76.5 Å². The summed E-state index contributed by atoms with van der Waals surface area (Å²) in [6.45, 7) is 3.63. The fraction of sp³-hybridized carbons (Fsp3) is 0.564. The number of rotatable bonds is 34. The normalized spacial score (nSPS) is 17.8. The van der Waals surface area contributed by atoms with Gasteiger partial charge in [-0.2, -0.15) is 0 Å². The number of aliphatic hydroxyl groups excluding tert-OH is 2. The first-order valence-electron chi connectivity index (χ1n) is 28.8. The van der Waals surface area contributed by atoms with Crippen LogP contribution in [0.1, 0.15) is 96.2 Å². The van der Waals surface area contributed by atoms with Gasteiger partial charge >= 0.3 is 11.9 Å². The van der Waals surface area contributed by atoms with Crippen molar-refractivity contribution >= 4 is 87.9 Å². The molecule has 2 saturated heterocycles. The van der Waals surface area contributed by atoms with Crippen LogP contribution in [0.3, 0.4) is 0 Å². The van der Waals surface area contributed by atoms with Crippen molar-refractivity contribution in [1.29, 1.82) is 0 Å². The zero-order valence-corrected chi connectivity index (χ0v) is 49.1. The number of primary amides is 1. The number of H-pyrrole nitrogens is 2. The van der Waals surface area contributed by atoms with Gasteiger partial charge in [0.25, 0.3) is 0 Å². The van der Waals surface area contributed by atoms with Crippen molar-refractivity contribution in [3.8, 4) is 0 Å². The number of imidazole rings is 1. The predicted molar refractivity (Wildman–Crippen MR) is 312 cm³/mol. The van der Waals surface area contributed by atoms with E-state index in [9.17, 15) is 73.2 Å². The number of amides is 10. The van der Waals surface area contributed by atoms with Crippen LogP contribution in [-0.4, -0.2) is 215 Å². The molecular formula is C55H81N17O16. The third-order valence-electron chi connectivity index (χ3n) is 14.8. The molecule has 0 bridgehead atoms. The van der Waals surface area contributed by atoms with Crippen LogP contribution >= 0.6 is 0 Å². The summed E-state index contributed by atoms with van der Waals surface area (Å²) in [5, 5.41) is 57.2. The number of aromatic nitrogens is 3. The van der Waals surface area contributed by atoms with Crippen molar-refractivity contribution in [2.45, 2.75) is 164 Å². The number of nitrogens with two attached hydrogens (primary N) is 4. The molecule has 2 aliphatic heterocycles. The molecule has 4 heterocycles. The van der Waals surface area contributed by atoms with Crippen molar-refractivity contribution < 1.29 is 78.0 Å². The topological polar surface area (TPSA) is 537 Å². The highest BCUT2D eigenvalue weighted by Crippen LogP contribution is 2.28. The summed E-state index contributed by atoms with van der Waals surface area (Å²) in [4.78, 5) is 179. The highest BCUT2D eigenvalue weighted by Gasteiger charge is 2.45. The maximum Gasteiger partial charge on any atom is 0.328 e. The Hall–Kier alpha value is -9.24. The Balaban J connectivity index is 1.36. The summed E-state index contributed by atoms with van der Waals surface area (Å²) >= 11 is 0. The van der Waals surface area contributed by atoms with Crippen molar-refractivity contribution in [1.82, 2.24) is 62.0 Å². The number of guanidine groups is 1. The van der Waals surface area contributed by atoms with E-state index in [1.165, 1.54) is 29.2 Å². The fourth-order valence-corrected chi connectivity index (χ4v) is 10.3. The Morgan fingerprint density at radius 3 is 1.91 bits per heavy atom. The molecular weight excluding hydrogens is 1150 g/mol. The van der Waals surface area contributed by atoms with Crippen LogP contribution in [0.15, 0.2) is 48.0 Å². The van der Waals surface area contributed by atoms with Crippen molar-refractivity contribution in [3.05, 3.63) is 54.2 Å². The van der Waals surface area contributed by atoms with Gasteiger partial charge in [-0.05, 0) is 75.8 Å². The van der Waals surface area contributed by atoms with Crippen LogP contribution in [0.4, 0.5) is 0 Å². The quantitative estimate of drug-likeness (QED) is 0.0151. The van der Waals surface area contributed by atoms with Gasteiger partial charge in [-0.1, -0.05) is 32.0 Å². The Morgan fingerprint density at radius 1 is 0.705 bits per heavy atom. The molecule has 11 atom stereocenters.